The van der Waals surface area contributed by atoms with Crippen molar-refractivity contribution in [3.05, 3.63) is 71.8 Å². The maximum absolute atomic E-state index is 12.7. The van der Waals surface area contributed by atoms with Gasteiger partial charge in [-0.05, 0) is 62.1 Å². The van der Waals surface area contributed by atoms with E-state index in [1.807, 2.05) is 43.3 Å². The van der Waals surface area contributed by atoms with Gasteiger partial charge in [-0.1, -0.05) is 36.4 Å². The second-order valence-electron chi connectivity index (χ2n) is 8.60. The fourth-order valence-corrected chi connectivity index (χ4v) is 3.36. The minimum Gasteiger partial charge on any atom is -0.469 e. The highest BCUT2D eigenvalue weighted by atomic mass is 16.6. The third-order valence-electron chi connectivity index (χ3n) is 4.79. The van der Waals surface area contributed by atoms with Gasteiger partial charge in [0.2, 0.25) is 0 Å². The van der Waals surface area contributed by atoms with Crippen LogP contribution in [0.5, 0.6) is 0 Å². The van der Waals surface area contributed by atoms with Crippen LogP contribution in [0.15, 0.2) is 55.1 Å². The van der Waals surface area contributed by atoms with Crippen LogP contribution in [0.3, 0.4) is 0 Å². The standard InChI is InChI=1S/C26H32N2O5/c1-7-14-27-24(30)20-13-8-10-17(2)23(20)19-12-9-11-18(15-19)21(16-22(29)32-6)28-25(31)33-26(3,4)5/h7-13,15,21H,1,14,16H2,2-6H3,(H,27,30)(H,28,31)/t21-/m0/s1. The summed E-state index contributed by atoms with van der Waals surface area (Å²) in [6.07, 6.45) is 0.912. The summed E-state index contributed by atoms with van der Waals surface area (Å²) >= 11 is 0. The molecule has 0 spiro atoms. The van der Waals surface area contributed by atoms with E-state index in [4.69, 9.17) is 9.47 Å². The Kier molecular flexibility index (Phi) is 8.79. The van der Waals surface area contributed by atoms with Crippen molar-refractivity contribution >= 4 is 18.0 Å². The van der Waals surface area contributed by atoms with Gasteiger partial charge in [-0.2, -0.15) is 0 Å². The number of hydrogen-bond acceptors (Lipinski definition) is 5. The van der Waals surface area contributed by atoms with E-state index in [-0.39, 0.29) is 12.3 Å². The van der Waals surface area contributed by atoms with Crippen molar-refractivity contribution in [2.24, 2.45) is 0 Å². The molecule has 0 aliphatic rings. The molecule has 7 nitrogen and oxygen atoms in total. The van der Waals surface area contributed by atoms with Crippen LogP contribution in [0.2, 0.25) is 0 Å². The van der Waals surface area contributed by atoms with Crippen molar-refractivity contribution in [3.63, 3.8) is 0 Å². The first-order valence-corrected chi connectivity index (χ1v) is 10.7. The molecule has 0 aliphatic carbocycles. The second-order valence-corrected chi connectivity index (χ2v) is 8.60. The quantitative estimate of drug-likeness (QED) is 0.447. The lowest BCUT2D eigenvalue weighted by Gasteiger charge is -2.24. The van der Waals surface area contributed by atoms with Crippen LogP contribution in [-0.2, 0) is 14.3 Å². The number of esters is 1. The molecule has 0 radical (unpaired) electrons. The zero-order chi connectivity index (χ0) is 24.6. The predicted molar refractivity (Wildman–Crippen MR) is 128 cm³/mol. The molecule has 176 valence electrons. The maximum atomic E-state index is 12.7. The van der Waals surface area contributed by atoms with Crippen LogP contribution in [-0.4, -0.2) is 37.2 Å². The smallest absolute Gasteiger partial charge is 0.408 e. The average Bonchev–Trinajstić information content (AvgIpc) is 2.75. The van der Waals surface area contributed by atoms with Gasteiger partial charge in [0, 0.05) is 12.1 Å². The first kappa shape index (κ1) is 25.6. The van der Waals surface area contributed by atoms with Gasteiger partial charge in [0.05, 0.1) is 19.6 Å². The summed E-state index contributed by atoms with van der Waals surface area (Å²) in [5.41, 5.74) is 3.01. The van der Waals surface area contributed by atoms with E-state index in [1.54, 1.807) is 32.9 Å². The zero-order valence-electron chi connectivity index (χ0n) is 19.9. The van der Waals surface area contributed by atoms with Crippen molar-refractivity contribution < 1.29 is 23.9 Å². The fourth-order valence-electron chi connectivity index (χ4n) is 3.36. The molecular formula is C26H32N2O5. The van der Waals surface area contributed by atoms with Crippen LogP contribution in [0.1, 0.15) is 54.7 Å². The zero-order valence-corrected chi connectivity index (χ0v) is 19.9. The third-order valence-corrected chi connectivity index (χ3v) is 4.79. The molecule has 0 unspecified atom stereocenters. The lowest BCUT2D eigenvalue weighted by molar-refractivity contribution is -0.141. The minimum atomic E-state index is -0.684. The van der Waals surface area contributed by atoms with E-state index in [0.29, 0.717) is 17.7 Å². The highest BCUT2D eigenvalue weighted by Crippen LogP contribution is 2.30. The van der Waals surface area contributed by atoms with Gasteiger partial charge in [0.15, 0.2) is 0 Å². The molecule has 0 aliphatic heterocycles. The number of carbonyl (C=O) groups is 3. The number of hydrogen-bond donors (Lipinski definition) is 2. The molecule has 2 aromatic carbocycles. The van der Waals surface area contributed by atoms with Crippen LogP contribution < -0.4 is 10.6 Å². The lowest BCUT2D eigenvalue weighted by Crippen LogP contribution is -2.36. The van der Waals surface area contributed by atoms with E-state index in [2.05, 4.69) is 17.2 Å². The highest BCUT2D eigenvalue weighted by molar-refractivity contribution is 6.01. The number of amides is 2. The molecule has 33 heavy (non-hydrogen) atoms. The Bertz CT molecular complexity index is 1020. The Morgan fingerprint density at radius 3 is 2.45 bits per heavy atom. The van der Waals surface area contributed by atoms with E-state index in [0.717, 1.165) is 16.7 Å². The van der Waals surface area contributed by atoms with Gasteiger partial charge < -0.3 is 20.1 Å². The lowest BCUT2D eigenvalue weighted by atomic mass is 9.92. The number of aryl methyl sites for hydroxylation is 1. The van der Waals surface area contributed by atoms with Crippen molar-refractivity contribution in [2.75, 3.05) is 13.7 Å². The molecule has 7 heteroatoms. The van der Waals surface area contributed by atoms with Gasteiger partial charge in [-0.3, -0.25) is 9.59 Å². The summed E-state index contributed by atoms with van der Waals surface area (Å²) in [5, 5.41) is 5.57. The van der Waals surface area contributed by atoms with Crippen LogP contribution in [0, 0.1) is 6.92 Å². The second kappa shape index (κ2) is 11.3. The minimum absolute atomic E-state index is 0.0698. The summed E-state index contributed by atoms with van der Waals surface area (Å²) in [6.45, 7) is 11.2. The van der Waals surface area contributed by atoms with Crippen LogP contribution >= 0.6 is 0 Å². The van der Waals surface area contributed by atoms with Gasteiger partial charge >= 0.3 is 12.1 Å². The first-order chi connectivity index (χ1) is 15.6. The van der Waals surface area contributed by atoms with Gasteiger partial charge in [0.25, 0.3) is 5.91 Å². The van der Waals surface area contributed by atoms with Gasteiger partial charge in [0.1, 0.15) is 5.60 Å². The number of alkyl carbamates (subject to hydrolysis) is 1. The highest BCUT2D eigenvalue weighted by Gasteiger charge is 2.24. The Morgan fingerprint density at radius 2 is 1.82 bits per heavy atom. The van der Waals surface area contributed by atoms with E-state index < -0.39 is 23.7 Å². The van der Waals surface area contributed by atoms with E-state index in [1.165, 1.54) is 7.11 Å². The molecule has 0 heterocycles. The average molecular weight is 453 g/mol. The first-order valence-electron chi connectivity index (χ1n) is 10.7. The monoisotopic (exact) mass is 452 g/mol. The molecular weight excluding hydrogens is 420 g/mol. The molecule has 0 saturated carbocycles. The number of ether oxygens (including phenoxy) is 2. The van der Waals surface area contributed by atoms with Crippen LogP contribution in [0.4, 0.5) is 4.79 Å². The largest absolute Gasteiger partial charge is 0.469 e. The molecule has 2 rings (SSSR count). The molecule has 0 aromatic heterocycles. The van der Waals surface area contributed by atoms with Gasteiger partial charge in [-0.15, -0.1) is 6.58 Å². The fraction of sp³-hybridized carbons (Fsp3) is 0.346. The number of methoxy groups -OCH3 is 1. The normalized spacial score (nSPS) is 11.8. The molecule has 0 bridgehead atoms. The number of benzene rings is 2. The predicted octanol–water partition coefficient (Wildman–Crippen LogP) is 4.71. The Labute approximate surface area is 195 Å². The number of nitrogens with one attached hydrogen (secondary N) is 2. The van der Waals surface area contributed by atoms with Crippen molar-refractivity contribution in [1.82, 2.24) is 10.6 Å². The number of carbonyl (C=O) groups excluding carboxylic acids is 3. The summed E-state index contributed by atoms with van der Waals surface area (Å²) in [5.74, 6) is -0.682. The van der Waals surface area contributed by atoms with Crippen LogP contribution in [0.25, 0.3) is 11.1 Å². The molecule has 2 aromatic rings. The molecule has 2 N–H and O–H groups in total. The topological polar surface area (TPSA) is 93.7 Å². The molecule has 0 fully saturated rings. The summed E-state index contributed by atoms with van der Waals surface area (Å²) in [4.78, 5) is 37.2. The number of rotatable bonds is 8. The van der Waals surface area contributed by atoms with E-state index >= 15 is 0 Å². The molecule has 2 amide bonds. The van der Waals surface area contributed by atoms with Gasteiger partial charge in [-0.25, -0.2) is 4.79 Å². The Morgan fingerprint density at radius 1 is 1.12 bits per heavy atom. The summed E-state index contributed by atoms with van der Waals surface area (Å²) in [7, 11) is 1.30. The van der Waals surface area contributed by atoms with Crippen molar-refractivity contribution in [3.8, 4) is 11.1 Å². The Hall–Kier alpha value is -3.61. The maximum Gasteiger partial charge on any atom is 0.408 e. The molecule has 0 saturated heterocycles. The summed E-state index contributed by atoms with van der Waals surface area (Å²) in [6, 6.07) is 12.2. The molecule has 1 atom stereocenters. The van der Waals surface area contributed by atoms with E-state index in [9.17, 15) is 14.4 Å². The Balaban J connectivity index is 2.46. The van der Waals surface area contributed by atoms with Crippen molar-refractivity contribution in [2.45, 2.75) is 45.8 Å². The third kappa shape index (κ3) is 7.49. The van der Waals surface area contributed by atoms with Crippen molar-refractivity contribution in [1.29, 1.82) is 0 Å². The SMILES string of the molecule is C=CCNC(=O)c1cccc(C)c1-c1cccc([C@H](CC(=O)OC)NC(=O)OC(C)(C)C)c1. The summed E-state index contributed by atoms with van der Waals surface area (Å²) < 4.78 is 10.2.